The normalized spacial score (nSPS) is 15.6. The summed E-state index contributed by atoms with van der Waals surface area (Å²) in [6, 6.07) is 24.8. The third-order valence-electron chi connectivity index (χ3n) is 5.95. The van der Waals surface area contributed by atoms with Crippen molar-refractivity contribution in [1.82, 2.24) is 10.2 Å². The van der Waals surface area contributed by atoms with Gasteiger partial charge in [-0.25, -0.2) is 0 Å². The first kappa shape index (κ1) is 23.5. The standard InChI is InChI=1S/C26H30N2OS.ClH/c29-26(25(21-12-5-3-6-13-21)22-14-7-4-8-15-22)27-20-23(24-16-11-19-30-24)28-17-9-1-2-10-18-28;/h3-8,11-16,19,23,25H,1-2,9-10,17-18,20H2,(H,27,29);1H. The number of carbonyl (C=O) groups excluding carboxylic acids is 1. The van der Waals surface area contributed by atoms with Crippen molar-refractivity contribution in [2.24, 2.45) is 0 Å². The summed E-state index contributed by atoms with van der Waals surface area (Å²) in [4.78, 5) is 17.4. The Labute approximate surface area is 195 Å². The number of nitrogens with zero attached hydrogens (tertiary/aromatic N) is 1. The lowest BCUT2D eigenvalue weighted by atomic mass is 9.90. The van der Waals surface area contributed by atoms with E-state index < -0.39 is 0 Å². The smallest absolute Gasteiger partial charge is 0.232 e. The van der Waals surface area contributed by atoms with Gasteiger partial charge < -0.3 is 5.32 Å². The number of hydrogen-bond donors (Lipinski definition) is 1. The summed E-state index contributed by atoms with van der Waals surface area (Å²) in [5.41, 5.74) is 2.06. The molecule has 31 heavy (non-hydrogen) atoms. The van der Waals surface area contributed by atoms with Crippen LogP contribution in [0.4, 0.5) is 0 Å². The van der Waals surface area contributed by atoms with E-state index in [0.717, 1.165) is 24.2 Å². The molecular formula is C26H31ClN2OS. The molecule has 164 valence electrons. The molecule has 1 amide bonds. The first-order chi connectivity index (χ1) is 14.8. The van der Waals surface area contributed by atoms with E-state index in [1.54, 1.807) is 11.3 Å². The van der Waals surface area contributed by atoms with E-state index in [1.807, 2.05) is 60.7 Å². The van der Waals surface area contributed by atoms with Crippen LogP contribution < -0.4 is 5.32 Å². The maximum absolute atomic E-state index is 13.4. The lowest BCUT2D eigenvalue weighted by Gasteiger charge is -2.31. The first-order valence-electron chi connectivity index (χ1n) is 11.0. The molecule has 1 saturated heterocycles. The highest BCUT2D eigenvalue weighted by Gasteiger charge is 2.26. The molecule has 1 aliphatic rings. The van der Waals surface area contributed by atoms with Gasteiger partial charge in [0.15, 0.2) is 0 Å². The van der Waals surface area contributed by atoms with E-state index in [2.05, 4.69) is 27.7 Å². The van der Waals surface area contributed by atoms with Gasteiger partial charge in [-0.2, -0.15) is 0 Å². The fourth-order valence-corrected chi connectivity index (χ4v) is 5.24. The van der Waals surface area contributed by atoms with Crippen LogP contribution in [-0.4, -0.2) is 30.4 Å². The Kier molecular flexibility index (Phi) is 9.13. The molecule has 5 heteroatoms. The molecule has 0 radical (unpaired) electrons. The Morgan fingerprint density at radius 2 is 1.42 bits per heavy atom. The van der Waals surface area contributed by atoms with Crippen molar-refractivity contribution in [2.75, 3.05) is 19.6 Å². The van der Waals surface area contributed by atoms with Gasteiger partial charge in [0.2, 0.25) is 5.91 Å². The minimum atomic E-state index is -0.291. The monoisotopic (exact) mass is 454 g/mol. The van der Waals surface area contributed by atoms with Crippen molar-refractivity contribution in [2.45, 2.75) is 37.6 Å². The van der Waals surface area contributed by atoms with Crippen molar-refractivity contribution in [3.63, 3.8) is 0 Å². The van der Waals surface area contributed by atoms with E-state index in [1.165, 1.54) is 30.6 Å². The summed E-state index contributed by atoms with van der Waals surface area (Å²) in [5.74, 6) is -0.218. The minimum Gasteiger partial charge on any atom is -0.353 e. The number of thiophene rings is 1. The van der Waals surface area contributed by atoms with Gasteiger partial charge in [0.05, 0.1) is 12.0 Å². The largest absolute Gasteiger partial charge is 0.353 e. The lowest BCUT2D eigenvalue weighted by molar-refractivity contribution is -0.122. The fraction of sp³-hybridized carbons (Fsp3) is 0.346. The van der Waals surface area contributed by atoms with Crippen LogP contribution in [-0.2, 0) is 4.79 Å². The molecule has 1 aliphatic heterocycles. The Balaban J connectivity index is 0.00000272. The van der Waals surface area contributed by atoms with Crippen LogP contribution in [0.25, 0.3) is 0 Å². The summed E-state index contributed by atoms with van der Waals surface area (Å²) in [6.07, 6.45) is 5.10. The average molecular weight is 455 g/mol. The zero-order valence-corrected chi connectivity index (χ0v) is 19.4. The van der Waals surface area contributed by atoms with Gasteiger partial charge in [0, 0.05) is 11.4 Å². The van der Waals surface area contributed by atoms with Crippen LogP contribution in [0.5, 0.6) is 0 Å². The van der Waals surface area contributed by atoms with E-state index in [0.29, 0.717) is 6.54 Å². The maximum Gasteiger partial charge on any atom is 0.232 e. The van der Waals surface area contributed by atoms with Gasteiger partial charge in [-0.15, -0.1) is 23.7 Å². The quantitative estimate of drug-likeness (QED) is 0.472. The molecule has 0 saturated carbocycles. The predicted molar refractivity (Wildman–Crippen MR) is 132 cm³/mol. The SMILES string of the molecule is Cl.O=C(NCC(c1cccs1)N1CCCCCC1)C(c1ccccc1)c1ccccc1. The van der Waals surface area contributed by atoms with Crippen molar-refractivity contribution in [3.8, 4) is 0 Å². The second-order valence-electron chi connectivity index (χ2n) is 7.98. The van der Waals surface area contributed by atoms with E-state index in [9.17, 15) is 4.79 Å². The van der Waals surface area contributed by atoms with Crippen LogP contribution in [0.15, 0.2) is 78.2 Å². The molecule has 0 spiro atoms. The minimum absolute atomic E-state index is 0. The van der Waals surface area contributed by atoms with Gasteiger partial charge in [0.25, 0.3) is 0 Å². The van der Waals surface area contributed by atoms with Crippen LogP contribution in [0, 0.1) is 0 Å². The van der Waals surface area contributed by atoms with Crippen molar-refractivity contribution in [1.29, 1.82) is 0 Å². The van der Waals surface area contributed by atoms with Crippen molar-refractivity contribution < 1.29 is 4.79 Å². The zero-order valence-electron chi connectivity index (χ0n) is 17.8. The van der Waals surface area contributed by atoms with E-state index in [-0.39, 0.29) is 30.3 Å². The summed E-state index contributed by atoms with van der Waals surface area (Å²) < 4.78 is 0. The van der Waals surface area contributed by atoms with Gasteiger partial charge >= 0.3 is 0 Å². The van der Waals surface area contributed by atoms with Gasteiger partial charge in [0.1, 0.15) is 0 Å². The molecule has 1 N–H and O–H groups in total. The van der Waals surface area contributed by atoms with E-state index in [4.69, 9.17) is 0 Å². The lowest BCUT2D eigenvalue weighted by Crippen LogP contribution is -2.40. The van der Waals surface area contributed by atoms with Crippen LogP contribution in [0.1, 0.15) is 53.6 Å². The molecule has 2 aromatic carbocycles. The predicted octanol–water partition coefficient (Wildman–Crippen LogP) is 6.04. The van der Waals surface area contributed by atoms with Crippen LogP contribution >= 0.6 is 23.7 Å². The number of nitrogens with one attached hydrogen (secondary N) is 1. The highest BCUT2D eigenvalue weighted by molar-refractivity contribution is 7.10. The highest BCUT2D eigenvalue weighted by atomic mass is 35.5. The summed E-state index contributed by atoms with van der Waals surface area (Å²) in [6.45, 7) is 2.87. The molecule has 1 fully saturated rings. The first-order valence-corrected chi connectivity index (χ1v) is 11.9. The number of benzene rings is 2. The topological polar surface area (TPSA) is 32.3 Å². The number of likely N-dealkylation sites (tertiary alicyclic amines) is 1. The second kappa shape index (κ2) is 12.0. The molecular weight excluding hydrogens is 424 g/mol. The molecule has 2 heterocycles. The Morgan fingerprint density at radius 3 is 1.94 bits per heavy atom. The van der Waals surface area contributed by atoms with E-state index >= 15 is 0 Å². The summed E-state index contributed by atoms with van der Waals surface area (Å²) in [7, 11) is 0. The highest BCUT2D eigenvalue weighted by Crippen LogP contribution is 2.29. The van der Waals surface area contributed by atoms with Crippen LogP contribution in [0.3, 0.4) is 0 Å². The van der Waals surface area contributed by atoms with Crippen LogP contribution in [0.2, 0.25) is 0 Å². The number of amides is 1. The van der Waals surface area contributed by atoms with Gasteiger partial charge in [-0.3, -0.25) is 9.69 Å². The second-order valence-corrected chi connectivity index (χ2v) is 8.96. The Hall–Kier alpha value is -2.14. The molecule has 3 nitrogen and oxygen atoms in total. The molecule has 0 bridgehead atoms. The average Bonchev–Trinajstić information content (AvgIpc) is 3.18. The molecule has 1 unspecified atom stereocenters. The van der Waals surface area contributed by atoms with Gasteiger partial charge in [-0.05, 0) is 48.5 Å². The van der Waals surface area contributed by atoms with Crippen molar-refractivity contribution >= 4 is 29.7 Å². The summed E-state index contributed by atoms with van der Waals surface area (Å²) >= 11 is 1.79. The van der Waals surface area contributed by atoms with Crippen molar-refractivity contribution in [3.05, 3.63) is 94.2 Å². The third kappa shape index (κ3) is 6.19. The Morgan fingerprint density at radius 1 is 0.839 bits per heavy atom. The number of hydrogen-bond acceptors (Lipinski definition) is 3. The molecule has 3 aromatic rings. The third-order valence-corrected chi connectivity index (χ3v) is 6.92. The molecule has 0 aliphatic carbocycles. The molecule has 1 aromatic heterocycles. The molecule has 1 atom stereocenters. The summed E-state index contributed by atoms with van der Waals surface area (Å²) in [5, 5.41) is 5.45. The zero-order chi connectivity index (χ0) is 20.6. The number of rotatable bonds is 7. The molecule has 4 rings (SSSR count). The number of halogens is 1. The Bertz CT molecular complexity index is 854. The number of carbonyl (C=O) groups is 1. The fourth-order valence-electron chi connectivity index (χ4n) is 4.38. The maximum atomic E-state index is 13.4. The van der Waals surface area contributed by atoms with Gasteiger partial charge in [-0.1, -0.05) is 79.6 Å².